The molecule has 0 radical (unpaired) electrons. The number of hydrogen-bond donors (Lipinski definition) is 1. The van der Waals surface area contributed by atoms with Crippen LogP contribution in [0.15, 0.2) is 66.7 Å². The van der Waals surface area contributed by atoms with Crippen molar-refractivity contribution in [2.24, 2.45) is 0 Å². The molecule has 1 N–H and O–H groups in total. The van der Waals surface area contributed by atoms with Gasteiger partial charge in [0.25, 0.3) is 5.91 Å². The van der Waals surface area contributed by atoms with Crippen LogP contribution in [0.4, 0.5) is 11.4 Å². The molecule has 29 heavy (non-hydrogen) atoms. The summed E-state index contributed by atoms with van der Waals surface area (Å²) >= 11 is 0. The third-order valence-electron chi connectivity index (χ3n) is 5.79. The Morgan fingerprint density at radius 1 is 0.862 bits per heavy atom. The van der Waals surface area contributed by atoms with Gasteiger partial charge in [0.2, 0.25) is 0 Å². The second-order valence-corrected chi connectivity index (χ2v) is 8.91. The fraction of sp³-hybridized carbons (Fsp3) is 0.269. The molecule has 1 aliphatic rings. The van der Waals surface area contributed by atoms with Crippen molar-refractivity contribution < 1.29 is 4.79 Å². The van der Waals surface area contributed by atoms with Crippen molar-refractivity contribution in [3.63, 3.8) is 0 Å². The minimum Gasteiger partial charge on any atom is -0.360 e. The Morgan fingerprint density at radius 3 is 2.21 bits per heavy atom. The van der Waals surface area contributed by atoms with Gasteiger partial charge in [-0.2, -0.15) is 0 Å². The molecule has 0 saturated heterocycles. The number of rotatable bonds is 2. The summed E-state index contributed by atoms with van der Waals surface area (Å²) in [5.41, 5.74) is 7.32. The van der Waals surface area contributed by atoms with E-state index in [2.05, 4.69) is 76.3 Å². The molecule has 3 aromatic rings. The number of nitrogens with zero attached hydrogens (tertiary/aromatic N) is 1. The third kappa shape index (κ3) is 3.53. The maximum absolute atomic E-state index is 13.5. The summed E-state index contributed by atoms with van der Waals surface area (Å²) in [7, 11) is 0. The Bertz CT molecular complexity index is 1060. The molecule has 0 aromatic heterocycles. The average Bonchev–Trinajstić information content (AvgIpc) is 2.70. The molecular formula is C26H28N2O. The molecule has 1 heterocycles. The Hall–Kier alpha value is -3.07. The number of amides is 1. The van der Waals surface area contributed by atoms with E-state index in [9.17, 15) is 4.79 Å². The molecule has 0 spiro atoms. The maximum Gasteiger partial charge on any atom is 0.262 e. The number of hydrogen-bond acceptors (Lipinski definition) is 2. The molecule has 0 saturated carbocycles. The van der Waals surface area contributed by atoms with Crippen molar-refractivity contribution in [1.82, 2.24) is 0 Å². The molecule has 3 nitrogen and oxygen atoms in total. The van der Waals surface area contributed by atoms with E-state index in [1.165, 1.54) is 16.7 Å². The molecule has 1 unspecified atom stereocenters. The van der Waals surface area contributed by atoms with Crippen molar-refractivity contribution >= 4 is 17.3 Å². The predicted molar refractivity (Wildman–Crippen MR) is 121 cm³/mol. The first kappa shape index (κ1) is 19.3. The van der Waals surface area contributed by atoms with E-state index in [4.69, 9.17) is 0 Å². The maximum atomic E-state index is 13.5. The molecule has 148 valence electrons. The highest BCUT2D eigenvalue weighted by Crippen LogP contribution is 2.37. The van der Waals surface area contributed by atoms with Gasteiger partial charge < -0.3 is 5.32 Å². The first-order valence-electron chi connectivity index (χ1n) is 10.1. The lowest BCUT2D eigenvalue weighted by atomic mass is 9.86. The highest BCUT2D eigenvalue weighted by atomic mass is 16.2. The Balaban J connectivity index is 1.82. The van der Waals surface area contributed by atoms with Crippen molar-refractivity contribution in [1.29, 1.82) is 0 Å². The topological polar surface area (TPSA) is 32.3 Å². The SMILES string of the molecule is Cc1ccc(N2C(=O)c3ccccc3NC2c2ccc(C(C)(C)C)cc2)cc1C. The van der Waals surface area contributed by atoms with Crippen LogP contribution in [0.3, 0.4) is 0 Å². The highest BCUT2D eigenvalue weighted by molar-refractivity contribution is 6.12. The summed E-state index contributed by atoms with van der Waals surface area (Å²) in [5.74, 6) is 0.0208. The first-order valence-corrected chi connectivity index (χ1v) is 10.1. The van der Waals surface area contributed by atoms with Crippen LogP contribution in [0.5, 0.6) is 0 Å². The zero-order valence-corrected chi connectivity index (χ0v) is 17.8. The lowest BCUT2D eigenvalue weighted by molar-refractivity contribution is 0.0975. The zero-order valence-electron chi connectivity index (χ0n) is 17.8. The van der Waals surface area contributed by atoms with E-state index in [-0.39, 0.29) is 17.5 Å². The first-order chi connectivity index (χ1) is 13.8. The Labute approximate surface area is 173 Å². The van der Waals surface area contributed by atoms with E-state index >= 15 is 0 Å². The molecule has 3 aromatic carbocycles. The average molecular weight is 385 g/mol. The number of carbonyl (C=O) groups excluding carboxylic acids is 1. The molecule has 1 aliphatic heterocycles. The zero-order chi connectivity index (χ0) is 20.8. The lowest BCUT2D eigenvalue weighted by Crippen LogP contribution is -2.43. The number of anilines is 2. The second kappa shape index (κ2) is 7.07. The minimum absolute atomic E-state index is 0.0208. The van der Waals surface area contributed by atoms with Gasteiger partial charge >= 0.3 is 0 Å². The van der Waals surface area contributed by atoms with Crippen LogP contribution in [-0.2, 0) is 5.41 Å². The van der Waals surface area contributed by atoms with Crippen LogP contribution in [0.2, 0.25) is 0 Å². The lowest BCUT2D eigenvalue weighted by Gasteiger charge is -2.38. The predicted octanol–water partition coefficient (Wildman–Crippen LogP) is 6.37. The van der Waals surface area contributed by atoms with E-state index in [0.29, 0.717) is 5.56 Å². The van der Waals surface area contributed by atoms with Gasteiger partial charge in [-0.15, -0.1) is 0 Å². The normalized spacial score (nSPS) is 16.4. The fourth-order valence-electron chi connectivity index (χ4n) is 3.79. The highest BCUT2D eigenvalue weighted by Gasteiger charge is 2.34. The summed E-state index contributed by atoms with van der Waals surface area (Å²) in [4.78, 5) is 15.4. The third-order valence-corrected chi connectivity index (χ3v) is 5.79. The van der Waals surface area contributed by atoms with E-state index in [0.717, 1.165) is 16.9 Å². The molecule has 1 amide bonds. The van der Waals surface area contributed by atoms with E-state index in [1.54, 1.807) is 0 Å². The van der Waals surface area contributed by atoms with Gasteiger partial charge in [-0.1, -0.05) is 63.2 Å². The summed E-state index contributed by atoms with van der Waals surface area (Å²) in [6, 6.07) is 22.5. The van der Waals surface area contributed by atoms with Gasteiger partial charge in [0, 0.05) is 11.4 Å². The van der Waals surface area contributed by atoms with Crippen molar-refractivity contribution in [3.8, 4) is 0 Å². The van der Waals surface area contributed by atoms with Gasteiger partial charge in [0.05, 0.1) is 5.56 Å². The van der Waals surface area contributed by atoms with Crippen molar-refractivity contribution in [3.05, 3.63) is 94.5 Å². The minimum atomic E-state index is -0.256. The molecule has 0 fully saturated rings. The number of benzene rings is 3. The van der Waals surface area contributed by atoms with Crippen LogP contribution in [0.1, 0.15) is 59.5 Å². The van der Waals surface area contributed by atoms with E-state index < -0.39 is 0 Å². The standard InChI is InChI=1S/C26H28N2O/c1-17-10-15-21(16-18(17)2)28-24(19-11-13-20(14-12-19)26(3,4)5)27-23-9-7-6-8-22(23)25(28)29/h6-16,24,27H,1-5H3. The monoisotopic (exact) mass is 384 g/mol. The second-order valence-electron chi connectivity index (χ2n) is 8.91. The van der Waals surface area contributed by atoms with Crippen molar-refractivity contribution in [2.45, 2.75) is 46.2 Å². The molecular weight excluding hydrogens is 356 g/mol. The molecule has 0 bridgehead atoms. The number of fused-ring (bicyclic) bond motifs is 1. The summed E-state index contributed by atoms with van der Waals surface area (Å²) in [6.45, 7) is 10.8. The summed E-state index contributed by atoms with van der Waals surface area (Å²) in [6.07, 6.45) is -0.256. The van der Waals surface area contributed by atoms with Crippen molar-refractivity contribution in [2.75, 3.05) is 10.2 Å². The van der Waals surface area contributed by atoms with Gasteiger partial charge in [0.1, 0.15) is 6.17 Å². The van der Waals surface area contributed by atoms with Gasteiger partial charge in [-0.25, -0.2) is 0 Å². The molecule has 0 aliphatic carbocycles. The quantitative estimate of drug-likeness (QED) is 0.556. The fourth-order valence-corrected chi connectivity index (χ4v) is 3.79. The molecule has 4 rings (SSSR count). The van der Waals surface area contributed by atoms with Gasteiger partial charge in [-0.05, 0) is 65.8 Å². The Kier molecular flexibility index (Phi) is 4.70. The number of aryl methyl sites for hydroxylation is 2. The number of nitrogens with one attached hydrogen (secondary N) is 1. The van der Waals surface area contributed by atoms with Crippen LogP contribution in [-0.4, -0.2) is 5.91 Å². The van der Waals surface area contributed by atoms with Crippen LogP contribution in [0.25, 0.3) is 0 Å². The molecule has 3 heteroatoms. The summed E-state index contributed by atoms with van der Waals surface area (Å²) in [5, 5.41) is 3.59. The molecule has 1 atom stereocenters. The largest absolute Gasteiger partial charge is 0.360 e. The van der Waals surface area contributed by atoms with E-state index in [1.807, 2.05) is 35.2 Å². The van der Waals surface area contributed by atoms with Crippen LogP contribution < -0.4 is 10.2 Å². The number of para-hydroxylation sites is 1. The Morgan fingerprint density at radius 2 is 1.55 bits per heavy atom. The number of carbonyl (C=O) groups is 1. The smallest absolute Gasteiger partial charge is 0.262 e. The van der Waals surface area contributed by atoms with Crippen LogP contribution in [0, 0.1) is 13.8 Å². The summed E-state index contributed by atoms with van der Waals surface area (Å²) < 4.78 is 0. The van der Waals surface area contributed by atoms with Crippen LogP contribution >= 0.6 is 0 Å². The van der Waals surface area contributed by atoms with Gasteiger partial charge in [0.15, 0.2) is 0 Å². The van der Waals surface area contributed by atoms with Gasteiger partial charge in [-0.3, -0.25) is 9.69 Å².